The Hall–Kier alpha value is -1.84. The van der Waals surface area contributed by atoms with Gasteiger partial charge in [-0.2, -0.15) is 0 Å². The first kappa shape index (κ1) is 13.2. The van der Waals surface area contributed by atoms with E-state index < -0.39 is 0 Å². The van der Waals surface area contributed by atoms with Crippen molar-refractivity contribution in [3.63, 3.8) is 0 Å². The Kier molecular flexibility index (Phi) is 3.24. The summed E-state index contributed by atoms with van der Waals surface area (Å²) in [5.74, 6) is -0.160. The number of esters is 1. The third-order valence-corrected chi connectivity index (χ3v) is 4.55. The zero-order valence-electron chi connectivity index (χ0n) is 11.9. The highest BCUT2D eigenvalue weighted by Gasteiger charge is 2.33. The van der Waals surface area contributed by atoms with E-state index in [1.807, 2.05) is 13.0 Å². The second-order valence-corrected chi connectivity index (χ2v) is 5.74. The van der Waals surface area contributed by atoms with Gasteiger partial charge < -0.3 is 10.1 Å². The zero-order chi connectivity index (χ0) is 14.3. The summed E-state index contributed by atoms with van der Waals surface area (Å²) in [5, 5.41) is 3.43. The molecule has 1 aliphatic heterocycles. The van der Waals surface area contributed by atoms with Gasteiger partial charge >= 0.3 is 5.97 Å². The minimum absolute atomic E-state index is 0.0569. The number of hydrogen-bond acceptors (Lipinski definition) is 4. The van der Waals surface area contributed by atoms with E-state index >= 15 is 0 Å². The summed E-state index contributed by atoms with van der Waals surface area (Å²) in [4.78, 5) is 23.5. The maximum Gasteiger partial charge on any atom is 0.309 e. The highest BCUT2D eigenvalue weighted by atomic mass is 16.5. The Labute approximate surface area is 118 Å². The topological polar surface area (TPSA) is 55.4 Å². The fourth-order valence-corrected chi connectivity index (χ4v) is 3.27. The molecule has 1 N–H and O–H groups in total. The van der Waals surface area contributed by atoms with Crippen LogP contribution >= 0.6 is 0 Å². The molecule has 0 aromatic carbocycles. The van der Waals surface area contributed by atoms with Crippen LogP contribution in [0.4, 0.5) is 0 Å². The Morgan fingerprint density at radius 1 is 1.40 bits per heavy atom. The zero-order valence-corrected chi connectivity index (χ0v) is 11.9. The van der Waals surface area contributed by atoms with Crippen molar-refractivity contribution < 1.29 is 14.3 Å². The van der Waals surface area contributed by atoms with Gasteiger partial charge in [-0.3, -0.25) is 9.59 Å². The summed E-state index contributed by atoms with van der Waals surface area (Å²) in [5.41, 5.74) is 4.73. The van der Waals surface area contributed by atoms with E-state index in [1.54, 1.807) is 6.08 Å². The fraction of sp³-hybridized carbons (Fsp3) is 0.500. The smallest absolute Gasteiger partial charge is 0.309 e. The number of carbonyl (C=O) groups is 2. The third kappa shape index (κ3) is 2.09. The third-order valence-electron chi connectivity index (χ3n) is 4.55. The van der Waals surface area contributed by atoms with Gasteiger partial charge in [0.1, 0.15) is 0 Å². The first-order valence-electron chi connectivity index (χ1n) is 7.11. The van der Waals surface area contributed by atoms with Crippen LogP contribution in [0.3, 0.4) is 0 Å². The van der Waals surface area contributed by atoms with Crippen molar-refractivity contribution in [2.24, 2.45) is 11.8 Å². The molecule has 106 valence electrons. The van der Waals surface area contributed by atoms with E-state index in [-0.39, 0.29) is 23.6 Å². The van der Waals surface area contributed by atoms with Crippen LogP contribution in [0, 0.1) is 11.8 Å². The van der Waals surface area contributed by atoms with E-state index in [9.17, 15) is 9.59 Å². The van der Waals surface area contributed by atoms with Crippen molar-refractivity contribution in [3.8, 4) is 0 Å². The lowest BCUT2D eigenvalue weighted by Crippen LogP contribution is -2.34. The van der Waals surface area contributed by atoms with Crippen molar-refractivity contribution in [3.05, 3.63) is 34.7 Å². The number of methoxy groups -OCH3 is 1. The molecule has 0 radical (unpaired) electrons. The van der Waals surface area contributed by atoms with Crippen LogP contribution in [0.25, 0.3) is 0 Å². The summed E-state index contributed by atoms with van der Waals surface area (Å²) in [6.07, 6.45) is 6.99. The summed E-state index contributed by atoms with van der Waals surface area (Å²) >= 11 is 0. The molecule has 1 heterocycles. The van der Waals surface area contributed by atoms with Gasteiger partial charge in [0, 0.05) is 17.8 Å². The molecule has 3 rings (SSSR count). The van der Waals surface area contributed by atoms with Crippen molar-refractivity contribution in [2.75, 3.05) is 7.11 Å². The molecule has 2 aliphatic carbocycles. The number of dihydropyridines is 1. The van der Waals surface area contributed by atoms with Crippen LogP contribution < -0.4 is 5.32 Å². The van der Waals surface area contributed by atoms with E-state index in [2.05, 4.69) is 5.32 Å². The van der Waals surface area contributed by atoms with Crippen LogP contribution in [0.5, 0.6) is 0 Å². The predicted molar refractivity (Wildman–Crippen MR) is 74.5 cm³/mol. The van der Waals surface area contributed by atoms with E-state index in [4.69, 9.17) is 4.74 Å². The van der Waals surface area contributed by atoms with Gasteiger partial charge in [0.05, 0.1) is 18.9 Å². The SMILES string of the molecule is COC(=O)C1CCC2=C(C1)NC1=C(C=CC(=O)C1C)C2. The van der Waals surface area contributed by atoms with Crippen molar-refractivity contribution in [2.45, 2.75) is 32.6 Å². The van der Waals surface area contributed by atoms with Gasteiger partial charge in [0.25, 0.3) is 0 Å². The molecular weight excluding hydrogens is 254 g/mol. The second-order valence-electron chi connectivity index (χ2n) is 5.74. The van der Waals surface area contributed by atoms with Gasteiger partial charge in [-0.1, -0.05) is 6.08 Å². The largest absolute Gasteiger partial charge is 0.469 e. The van der Waals surface area contributed by atoms with E-state index in [0.717, 1.165) is 30.7 Å². The number of nitrogens with one attached hydrogen (secondary N) is 1. The van der Waals surface area contributed by atoms with E-state index in [1.165, 1.54) is 18.3 Å². The van der Waals surface area contributed by atoms with Gasteiger partial charge in [-0.25, -0.2) is 0 Å². The molecule has 4 heteroatoms. The molecule has 0 saturated carbocycles. The lowest BCUT2D eigenvalue weighted by Gasteiger charge is -2.35. The normalized spacial score (nSPS) is 28.8. The number of ether oxygens (including phenoxy) is 1. The second kappa shape index (κ2) is 4.93. The van der Waals surface area contributed by atoms with Gasteiger partial charge in [0.15, 0.2) is 5.78 Å². The molecule has 0 saturated heterocycles. The quantitative estimate of drug-likeness (QED) is 0.744. The van der Waals surface area contributed by atoms with E-state index in [0.29, 0.717) is 6.42 Å². The molecule has 0 aromatic rings. The number of allylic oxidation sites excluding steroid dienone is 6. The summed E-state index contributed by atoms with van der Waals surface area (Å²) in [6.45, 7) is 1.93. The maximum absolute atomic E-state index is 11.8. The van der Waals surface area contributed by atoms with Crippen LogP contribution in [0.1, 0.15) is 32.6 Å². The van der Waals surface area contributed by atoms with Crippen LogP contribution in [0.15, 0.2) is 34.7 Å². The molecule has 2 atom stereocenters. The standard InChI is InChI=1S/C16H19NO3/c1-9-14(18)6-5-11-7-10-3-4-12(16(19)20-2)8-13(10)17-15(9)11/h5-6,9,12,17H,3-4,7-8H2,1-2H3. The Bertz CT molecular complexity index is 568. The summed E-state index contributed by atoms with van der Waals surface area (Å²) < 4.78 is 4.85. The molecule has 0 fully saturated rings. The van der Waals surface area contributed by atoms with Crippen LogP contribution in [-0.4, -0.2) is 18.9 Å². The summed E-state index contributed by atoms with van der Waals surface area (Å²) in [7, 11) is 1.44. The molecular formula is C16H19NO3. The highest BCUT2D eigenvalue weighted by molar-refractivity contribution is 5.95. The fourth-order valence-electron chi connectivity index (χ4n) is 3.27. The molecule has 0 aromatic heterocycles. The minimum Gasteiger partial charge on any atom is -0.469 e. The monoisotopic (exact) mass is 273 g/mol. The first-order valence-corrected chi connectivity index (χ1v) is 7.11. The molecule has 2 unspecified atom stereocenters. The number of hydrogen-bond donors (Lipinski definition) is 1. The highest BCUT2D eigenvalue weighted by Crippen LogP contribution is 2.39. The first-order chi connectivity index (χ1) is 9.60. The molecule has 20 heavy (non-hydrogen) atoms. The lowest BCUT2D eigenvalue weighted by molar-refractivity contribution is -0.145. The van der Waals surface area contributed by atoms with Gasteiger partial charge in [-0.15, -0.1) is 0 Å². The lowest BCUT2D eigenvalue weighted by atomic mass is 9.79. The van der Waals surface area contributed by atoms with Crippen LogP contribution in [0.2, 0.25) is 0 Å². The van der Waals surface area contributed by atoms with Crippen molar-refractivity contribution in [1.29, 1.82) is 0 Å². The molecule has 4 nitrogen and oxygen atoms in total. The van der Waals surface area contributed by atoms with Crippen molar-refractivity contribution >= 4 is 11.8 Å². The molecule has 0 bridgehead atoms. The number of carbonyl (C=O) groups excluding carboxylic acids is 2. The Morgan fingerprint density at radius 2 is 2.20 bits per heavy atom. The Morgan fingerprint density at radius 3 is 2.95 bits per heavy atom. The van der Waals surface area contributed by atoms with Gasteiger partial charge in [-0.05, 0) is 43.4 Å². The van der Waals surface area contributed by atoms with Crippen molar-refractivity contribution in [1.82, 2.24) is 5.32 Å². The predicted octanol–water partition coefficient (Wildman–Crippen LogP) is 2.24. The molecule has 0 amide bonds. The number of ketones is 1. The maximum atomic E-state index is 11.8. The Balaban J connectivity index is 1.81. The average Bonchev–Trinajstić information content (AvgIpc) is 2.48. The molecule has 0 spiro atoms. The molecule has 3 aliphatic rings. The van der Waals surface area contributed by atoms with Gasteiger partial charge in [0.2, 0.25) is 0 Å². The summed E-state index contributed by atoms with van der Waals surface area (Å²) in [6, 6.07) is 0. The average molecular weight is 273 g/mol. The number of rotatable bonds is 1. The minimum atomic E-state index is -0.134. The van der Waals surface area contributed by atoms with Crippen LogP contribution in [-0.2, 0) is 14.3 Å².